The summed E-state index contributed by atoms with van der Waals surface area (Å²) in [5, 5.41) is 2.95. The van der Waals surface area contributed by atoms with Crippen molar-refractivity contribution in [1.82, 2.24) is 5.32 Å². The van der Waals surface area contributed by atoms with E-state index in [9.17, 15) is 4.79 Å². The zero-order chi connectivity index (χ0) is 13.0. The van der Waals surface area contributed by atoms with Crippen LogP contribution in [0.5, 0.6) is 0 Å². The molecule has 1 rings (SSSR count). The molecule has 0 bridgehead atoms. The van der Waals surface area contributed by atoms with Crippen molar-refractivity contribution in [2.75, 3.05) is 6.54 Å². The van der Waals surface area contributed by atoms with Crippen LogP contribution in [-0.2, 0) is 0 Å². The normalized spacial score (nSPS) is 12.6. The molecule has 0 saturated heterocycles. The van der Waals surface area contributed by atoms with Gasteiger partial charge in [0.1, 0.15) is 0 Å². The van der Waals surface area contributed by atoms with Gasteiger partial charge in [0, 0.05) is 15.9 Å². The van der Waals surface area contributed by atoms with E-state index in [1.807, 2.05) is 12.1 Å². The van der Waals surface area contributed by atoms with Crippen LogP contribution >= 0.6 is 28.6 Å². The van der Waals surface area contributed by atoms with E-state index in [1.54, 1.807) is 6.07 Å². The molecule has 17 heavy (non-hydrogen) atoms. The van der Waals surface area contributed by atoms with Crippen molar-refractivity contribution < 1.29 is 4.79 Å². The summed E-state index contributed by atoms with van der Waals surface area (Å²) in [7, 11) is 0. The molecule has 0 aliphatic rings. The zero-order valence-corrected chi connectivity index (χ0v) is 12.8. The monoisotopic (exact) mass is 315 g/mol. The maximum absolute atomic E-state index is 12.0. The summed E-state index contributed by atoms with van der Waals surface area (Å²) in [4.78, 5) is 12.8. The number of nitrogens with one attached hydrogen (secondary N) is 1. The van der Waals surface area contributed by atoms with E-state index in [0.29, 0.717) is 23.9 Å². The van der Waals surface area contributed by atoms with Gasteiger partial charge in [-0.3, -0.25) is 4.79 Å². The van der Waals surface area contributed by atoms with Crippen molar-refractivity contribution >= 4 is 34.5 Å². The molecule has 1 aromatic carbocycles. The van der Waals surface area contributed by atoms with Crippen LogP contribution in [0.1, 0.15) is 31.1 Å². The molecule has 2 nitrogen and oxygen atoms in total. The van der Waals surface area contributed by atoms with Gasteiger partial charge < -0.3 is 5.32 Å². The van der Waals surface area contributed by atoms with Gasteiger partial charge in [-0.15, -0.1) is 12.6 Å². The van der Waals surface area contributed by atoms with Gasteiger partial charge in [-0.05, 0) is 46.0 Å². The Morgan fingerprint density at radius 3 is 2.65 bits per heavy atom. The molecule has 4 heteroatoms. The number of amides is 1. The number of carbonyl (C=O) groups is 1. The Hall–Kier alpha value is -0.480. The van der Waals surface area contributed by atoms with Crippen molar-refractivity contribution in [3.63, 3.8) is 0 Å². The first-order valence-electron chi connectivity index (χ1n) is 5.68. The van der Waals surface area contributed by atoms with Gasteiger partial charge in [-0.25, -0.2) is 0 Å². The predicted octanol–water partition coefficient (Wildman–Crippen LogP) is 3.76. The van der Waals surface area contributed by atoms with Gasteiger partial charge in [-0.2, -0.15) is 0 Å². The third kappa shape index (κ3) is 4.36. The number of benzene rings is 1. The molecule has 0 radical (unpaired) electrons. The van der Waals surface area contributed by atoms with Crippen LogP contribution in [0.3, 0.4) is 0 Å². The number of carbonyl (C=O) groups excluding carboxylic acids is 1. The fourth-order valence-corrected chi connectivity index (χ4v) is 1.90. The molecule has 0 heterocycles. The average molecular weight is 316 g/mol. The maximum atomic E-state index is 12.0. The Kier molecular flexibility index (Phi) is 5.53. The summed E-state index contributed by atoms with van der Waals surface area (Å²) < 4.78 is 0.796. The lowest BCUT2D eigenvalue weighted by atomic mass is 9.98. The quantitative estimate of drug-likeness (QED) is 0.814. The van der Waals surface area contributed by atoms with Crippen molar-refractivity contribution in [3.05, 3.63) is 28.2 Å². The maximum Gasteiger partial charge on any atom is 0.252 e. The molecule has 1 aromatic rings. The molecular formula is C13H18BrNOS. The first-order valence-corrected chi connectivity index (χ1v) is 6.92. The highest BCUT2D eigenvalue weighted by Crippen LogP contribution is 2.20. The van der Waals surface area contributed by atoms with Crippen molar-refractivity contribution in [1.29, 1.82) is 0 Å². The van der Waals surface area contributed by atoms with E-state index >= 15 is 0 Å². The molecular weight excluding hydrogens is 298 g/mol. The third-order valence-electron chi connectivity index (χ3n) is 2.92. The second-order valence-electron chi connectivity index (χ2n) is 4.60. The second-order valence-corrected chi connectivity index (χ2v) is 5.97. The number of hydrogen-bond acceptors (Lipinski definition) is 2. The lowest BCUT2D eigenvalue weighted by molar-refractivity contribution is 0.0944. The lowest BCUT2D eigenvalue weighted by Crippen LogP contribution is -2.30. The number of thiol groups is 1. The van der Waals surface area contributed by atoms with Gasteiger partial charge in [0.15, 0.2) is 0 Å². The summed E-state index contributed by atoms with van der Waals surface area (Å²) in [5.74, 6) is 0.979. The highest BCUT2D eigenvalue weighted by atomic mass is 79.9. The van der Waals surface area contributed by atoms with E-state index in [1.165, 1.54) is 0 Å². The molecule has 0 aliphatic carbocycles. The number of rotatable bonds is 4. The van der Waals surface area contributed by atoms with E-state index < -0.39 is 0 Å². The van der Waals surface area contributed by atoms with Crippen molar-refractivity contribution in [2.24, 2.45) is 11.8 Å². The highest BCUT2D eigenvalue weighted by Gasteiger charge is 2.13. The first kappa shape index (κ1) is 14.6. The van der Waals surface area contributed by atoms with E-state index in [0.717, 1.165) is 9.37 Å². The van der Waals surface area contributed by atoms with Crippen LogP contribution in [0.2, 0.25) is 0 Å². The van der Waals surface area contributed by atoms with Crippen LogP contribution in [0.15, 0.2) is 27.6 Å². The Morgan fingerprint density at radius 1 is 1.41 bits per heavy atom. The predicted molar refractivity (Wildman–Crippen MR) is 77.7 cm³/mol. The van der Waals surface area contributed by atoms with Crippen LogP contribution in [0.4, 0.5) is 0 Å². The number of hydrogen-bond donors (Lipinski definition) is 2. The van der Waals surface area contributed by atoms with Crippen molar-refractivity contribution in [3.8, 4) is 0 Å². The smallest absolute Gasteiger partial charge is 0.252 e. The first-order chi connectivity index (χ1) is 7.91. The van der Waals surface area contributed by atoms with Crippen LogP contribution in [-0.4, -0.2) is 12.5 Å². The third-order valence-corrected chi connectivity index (χ3v) is 3.89. The van der Waals surface area contributed by atoms with Crippen LogP contribution < -0.4 is 5.32 Å². The molecule has 0 spiro atoms. The van der Waals surface area contributed by atoms with E-state index in [-0.39, 0.29) is 5.91 Å². The van der Waals surface area contributed by atoms with E-state index in [2.05, 4.69) is 54.6 Å². The van der Waals surface area contributed by atoms with Gasteiger partial charge in [-0.1, -0.05) is 20.8 Å². The molecule has 0 fully saturated rings. The molecule has 94 valence electrons. The average Bonchev–Trinajstić information content (AvgIpc) is 2.28. The molecule has 0 saturated carbocycles. The molecule has 1 amide bonds. The summed E-state index contributed by atoms with van der Waals surface area (Å²) in [6.07, 6.45) is 0. The Bertz CT molecular complexity index is 406. The van der Waals surface area contributed by atoms with Gasteiger partial charge >= 0.3 is 0 Å². The molecule has 1 N–H and O–H groups in total. The fourth-order valence-electron chi connectivity index (χ4n) is 1.27. The molecule has 0 aliphatic heterocycles. The summed E-state index contributed by atoms with van der Waals surface area (Å²) in [6.45, 7) is 7.14. The van der Waals surface area contributed by atoms with Crippen LogP contribution in [0, 0.1) is 11.8 Å². The lowest BCUT2D eigenvalue weighted by Gasteiger charge is -2.16. The Labute approximate surface area is 117 Å². The topological polar surface area (TPSA) is 29.1 Å². The Morgan fingerprint density at radius 2 is 2.06 bits per heavy atom. The minimum Gasteiger partial charge on any atom is -0.352 e. The number of halogens is 1. The fraction of sp³-hybridized carbons (Fsp3) is 0.462. The standard InChI is InChI=1S/C13H18BrNOS/c1-8(2)9(3)7-15-13(16)11-6-10(17)4-5-12(11)14/h4-6,8-9,17H,7H2,1-3H3,(H,15,16). The molecule has 1 unspecified atom stereocenters. The van der Waals surface area contributed by atoms with E-state index in [4.69, 9.17) is 0 Å². The summed E-state index contributed by atoms with van der Waals surface area (Å²) in [5.41, 5.74) is 0.633. The Balaban J connectivity index is 2.67. The highest BCUT2D eigenvalue weighted by molar-refractivity contribution is 9.10. The summed E-state index contributed by atoms with van der Waals surface area (Å²) in [6, 6.07) is 5.45. The van der Waals surface area contributed by atoms with Gasteiger partial charge in [0.05, 0.1) is 5.56 Å². The minimum absolute atomic E-state index is 0.0553. The van der Waals surface area contributed by atoms with Gasteiger partial charge in [0.2, 0.25) is 0 Å². The minimum atomic E-state index is -0.0553. The van der Waals surface area contributed by atoms with Crippen LogP contribution in [0.25, 0.3) is 0 Å². The second kappa shape index (κ2) is 6.45. The largest absolute Gasteiger partial charge is 0.352 e. The summed E-state index contributed by atoms with van der Waals surface area (Å²) >= 11 is 7.61. The molecule has 0 aromatic heterocycles. The zero-order valence-electron chi connectivity index (χ0n) is 10.3. The van der Waals surface area contributed by atoms with Crippen molar-refractivity contribution in [2.45, 2.75) is 25.7 Å². The van der Waals surface area contributed by atoms with Gasteiger partial charge in [0.25, 0.3) is 5.91 Å². The SMILES string of the molecule is CC(C)C(C)CNC(=O)c1cc(S)ccc1Br. The molecule has 1 atom stereocenters.